The lowest BCUT2D eigenvalue weighted by molar-refractivity contribution is 0.603. The first-order valence-corrected chi connectivity index (χ1v) is 13.5. The Morgan fingerprint density at radius 3 is 2.61 bits per heavy atom. The second-order valence-corrected chi connectivity index (χ2v) is 11.5. The summed E-state index contributed by atoms with van der Waals surface area (Å²) in [6.45, 7) is 3.76. The quantitative estimate of drug-likeness (QED) is 0.389. The summed E-state index contributed by atoms with van der Waals surface area (Å²) in [5.74, 6) is -0.484. The molecule has 0 N–H and O–H groups in total. The van der Waals surface area contributed by atoms with Crippen LogP contribution < -0.4 is 4.90 Å². The van der Waals surface area contributed by atoms with E-state index in [-0.39, 0.29) is 45.1 Å². The highest BCUT2D eigenvalue weighted by Crippen LogP contribution is 2.36. The molecule has 1 aromatic carbocycles. The van der Waals surface area contributed by atoms with Crippen LogP contribution in [0.5, 0.6) is 0 Å². The van der Waals surface area contributed by atoms with Crippen molar-refractivity contribution in [2.45, 2.75) is 32.7 Å². The van der Waals surface area contributed by atoms with Crippen molar-refractivity contribution in [2.24, 2.45) is 0 Å². The van der Waals surface area contributed by atoms with E-state index in [1.807, 2.05) is 13.8 Å². The van der Waals surface area contributed by atoms with Crippen molar-refractivity contribution in [3.63, 3.8) is 0 Å². The van der Waals surface area contributed by atoms with Gasteiger partial charge >= 0.3 is 0 Å². The monoisotopic (exact) mass is 525 g/mol. The standard InChI is InChI=1S/C24H21ClFN7O2S/c1-13-14(2)29-23-22(28-13)21(18-6-3-16(25)9-19(18)26)30-24(31-23)32-7-8-36(34,35)20(12-32)15-10-27-33(11-15)17-4-5-17/h3,6,9-12,17H,4-5,7-8H2,1-2H3. The Kier molecular flexibility index (Phi) is 5.31. The first-order valence-electron chi connectivity index (χ1n) is 11.4. The third kappa shape index (κ3) is 4.01. The Hall–Kier alpha value is -3.44. The van der Waals surface area contributed by atoms with Crippen LogP contribution in [0.25, 0.3) is 27.3 Å². The Morgan fingerprint density at radius 2 is 1.86 bits per heavy atom. The number of sulfone groups is 1. The van der Waals surface area contributed by atoms with Gasteiger partial charge in [-0.15, -0.1) is 0 Å². The molecule has 4 heterocycles. The van der Waals surface area contributed by atoms with E-state index in [0.29, 0.717) is 28.5 Å². The fourth-order valence-electron chi connectivity index (χ4n) is 4.13. The topological polar surface area (TPSA) is 107 Å². The number of hydrogen-bond acceptors (Lipinski definition) is 8. The highest BCUT2D eigenvalue weighted by Gasteiger charge is 2.31. The van der Waals surface area contributed by atoms with Crippen LogP contribution in [0.15, 0.2) is 36.8 Å². The number of hydrogen-bond donors (Lipinski definition) is 0. The van der Waals surface area contributed by atoms with Gasteiger partial charge in [-0.05, 0) is 44.9 Å². The molecule has 1 aliphatic heterocycles. The maximum absolute atomic E-state index is 15.0. The summed E-state index contributed by atoms with van der Waals surface area (Å²) in [5, 5.41) is 4.59. The molecule has 0 spiro atoms. The van der Waals surface area contributed by atoms with Crippen LogP contribution in [0.4, 0.5) is 10.3 Å². The lowest BCUT2D eigenvalue weighted by Crippen LogP contribution is -2.32. The van der Waals surface area contributed by atoms with Gasteiger partial charge in [-0.3, -0.25) is 4.68 Å². The average Bonchev–Trinajstić information content (AvgIpc) is 3.56. The van der Waals surface area contributed by atoms with Crippen LogP contribution >= 0.6 is 11.6 Å². The fraction of sp³-hybridized carbons (Fsp3) is 0.292. The van der Waals surface area contributed by atoms with Crippen molar-refractivity contribution in [3.8, 4) is 11.3 Å². The molecule has 0 bridgehead atoms. The van der Waals surface area contributed by atoms with Crippen LogP contribution in [0.2, 0.25) is 5.02 Å². The Morgan fingerprint density at radius 1 is 1.08 bits per heavy atom. The van der Waals surface area contributed by atoms with E-state index in [2.05, 4.69) is 25.0 Å². The number of halogens is 2. The molecule has 1 aliphatic carbocycles. The third-order valence-corrected chi connectivity index (χ3v) is 8.36. The Labute approximate surface area is 211 Å². The van der Waals surface area contributed by atoms with E-state index in [1.54, 1.807) is 28.0 Å². The predicted octanol–water partition coefficient (Wildman–Crippen LogP) is 4.26. The molecule has 0 unspecified atom stereocenters. The van der Waals surface area contributed by atoms with Gasteiger partial charge in [-0.2, -0.15) is 10.1 Å². The van der Waals surface area contributed by atoms with Gasteiger partial charge in [0, 0.05) is 35.1 Å². The summed E-state index contributed by atoms with van der Waals surface area (Å²) in [5.41, 5.74) is 2.96. The van der Waals surface area contributed by atoms with E-state index in [1.165, 1.54) is 18.3 Å². The summed E-state index contributed by atoms with van der Waals surface area (Å²) >= 11 is 5.97. The largest absolute Gasteiger partial charge is 0.315 e. The molecular formula is C24H21ClFN7O2S. The summed E-state index contributed by atoms with van der Waals surface area (Å²) in [4.78, 5) is 20.2. The lowest BCUT2D eigenvalue weighted by Gasteiger charge is -2.25. The summed E-state index contributed by atoms with van der Waals surface area (Å²) in [7, 11) is -3.53. The number of rotatable bonds is 4. The number of aromatic nitrogens is 6. The molecular weight excluding hydrogens is 505 g/mol. The zero-order chi connectivity index (χ0) is 25.2. The molecule has 9 nitrogen and oxygen atoms in total. The molecule has 1 fully saturated rings. The summed E-state index contributed by atoms with van der Waals surface area (Å²) in [6.07, 6.45) is 6.92. The van der Waals surface area contributed by atoms with Crippen LogP contribution in [-0.2, 0) is 9.84 Å². The maximum Gasteiger partial charge on any atom is 0.232 e. The van der Waals surface area contributed by atoms with Crippen LogP contribution in [0, 0.1) is 19.7 Å². The van der Waals surface area contributed by atoms with Crippen molar-refractivity contribution in [2.75, 3.05) is 17.2 Å². The van der Waals surface area contributed by atoms with Crippen molar-refractivity contribution < 1.29 is 12.8 Å². The molecule has 184 valence electrons. The Balaban J connectivity index is 1.52. The zero-order valence-corrected chi connectivity index (χ0v) is 21.1. The van der Waals surface area contributed by atoms with Gasteiger partial charge in [0.15, 0.2) is 15.5 Å². The molecule has 4 aromatic rings. The minimum absolute atomic E-state index is 0.127. The van der Waals surface area contributed by atoms with Gasteiger partial charge in [0.25, 0.3) is 0 Å². The number of benzene rings is 1. The summed E-state index contributed by atoms with van der Waals surface area (Å²) in [6, 6.07) is 4.65. The molecule has 6 rings (SSSR count). The number of anilines is 1. The fourth-order valence-corrected chi connectivity index (χ4v) is 5.70. The van der Waals surface area contributed by atoms with Gasteiger partial charge in [-0.25, -0.2) is 27.8 Å². The highest BCUT2D eigenvalue weighted by molar-refractivity contribution is 8.00. The third-order valence-electron chi connectivity index (χ3n) is 6.39. The van der Waals surface area contributed by atoms with Crippen LogP contribution in [-0.4, -0.2) is 50.4 Å². The molecule has 3 aromatic heterocycles. The normalized spacial score (nSPS) is 17.4. The number of nitrogens with zero attached hydrogens (tertiary/aromatic N) is 7. The molecule has 12 heteroatoms. The number of fused-ring (bicyclic) bond motifs is 1. The Bertz CT molecular complexity index is 1680. The predicted molar refractivity (Wildman–Crippen MR) is 135 cm³/mol. The second kappa shape index (κ2) is 8.31. The first-order chi connectivity index (χ1) is 17.2. The summed E-state index contributed by atoms with van der Waals surface area (Å²) < 4.78 is 42.7. The smallest absolute Gasteiger partial charge is 0.232 e. The van der Waals surface area contributed by atoms with E-state index < -0.39 is 15.7 Å². The number of aryl methyl sites for hydroxylation is 2. The molecule has 0 saturated heterocycles. The van der Waals surface area contributed by atoms with E-state index >= 15 is 0 Å². The minimum Gasteiger partial charge on any atom is -0.315 e. The minimum atomic E-state index is -3.53. The van der Waals surface area contributed by atoms with Gasteiger partial charge < -0.3 is 4.90 Å². The molecule has 0 radical (unpaired) electrons. The molecule has 0 atom stereocenters. The van der Waals surface area contributed by atoms with E-state index in [9.17, 15) is 12.8 Å². The van der Waals surface area contributed by atoms with Gasteiger partial charge in [0.05, 0.1) is 34.3 Å². The zero-order valence-electron chi connectivity index (χ0n) is 19.5. The molecule has 2 aliphatic rings. The SMILES string of the molecule is Cc1nc2nc(N3C=C(c4cnn(C5CC5)c4)S(=O)(=O)CC3)nc(-c3ccc(Cl)cc3F)c2nc1C. The van der Waals surface area contributed by atoms with Crippen molar-refractivity contribution in [3.05, 3.63) is 64.6 Å². The lowest BCUT2D eigenvalue weighted by atomic mass is 10.1. The van der Waals surface area contributed by atoms with Gasteiger partial charge in [0.1, 0.15) is 17.0 Å². The highest BCUT2D eigenvalue weighted by atomic mass is 35.5. The average molecular weight is 526 g/mol. The van der Waals surface area contributed by atoms with Crippen LogP contribution in [0.3, 0.4) is 0 Å². The maximum atomic E-state index is 15.0. The van der Waals surface area contributed by atoms with Gasteiger partial charge in [-0.1, -0.05) is 11.6 Å². The molecule has 1 saturated carbocycles. The van der Waals surface area contributed by atoms with Gasteiger partial charge in [0.2, 0.25) is 5.95 Å². The van der Waals surface area contributed by atoms with E-state index in [4.69, 9.17) is 11.6 Å². The second-order valence-electron chi connectivity index (χ2n) is 9.01. The van der Waals surface area contributed by atoms with Crippen molar-refractivity contribution >= 4 is 43.5 Å². The first kappa shape index (κ1) is 23.0. The van der Waals surface area contributed by atoms with Crippen molar-refractivity contribution in [1.29, 1.82) is 0 Å². The van der Waals surface area contributed by atoms with Crippen molar-refractivity contribution in [1.82, 2.24) is 29.7 Å². The van der Waals surface area contributed by atoms with Crippen LogP contribution in [0.1, 0.15) is 35.8 Å². The molecule has 0 amide bonds. The molecule has 36 heavy (non-hydrogen) atoms. The van der Waals surface area contributed by atoms with E-state index in [0.717, 1.165) is 12.8 Å².